The van der Waals surface area contributed by atoms with E-state index < -0.39 is 0 Å². The van der Waals surface area contributed by atoms with Crippen LogP contribution in [0, 0.1) is 13.8 Å². The Morgan fingerprint density at radius 2 is 1.83 bits per heavy atom. The average Bonchev–Trinajstić information content (AvgIpc) is 2.22. The highest BCUT2D eigenvalue weighted by Crippen LogP contribution is 2.24. The maximum absolute atomic E-state index is 11.9. The number of carbonyl (C=O) groups is 1. The normalized spacial score (nSPS) is 11.2. The van der Waals surface area contributed by atoms with E-state index in [-0.39, 0.29) is 11.4 Å². The lowest BCUT2D eigenvalue weighted by molar-refractivity contribution is -0.121. The number of amides is 1. The third-order valence-corrected chi connectivity index (χ3v) is 2.94. The van der Waals surface area contributed by atoms with Crippen molar-refractivity contribution in [3.8, 4) is 5.75 Å². The number of rotatable bonds is 3. The van der Waals surface area contributed by atoms with Crippen LogP contribution in [0.5, 0.6) is 5.75 Å². The lowest BCUT2D eigenvalue weighted by Gasteiger charge is -2.21. The van der Waals surface area contributed by atoms with Gasteiger partial charge in [-0.1, -0.05) is 6.07 Å². The molecule has 0 spiro atoms. The summed E-state index contributed by atoms with van der Waals surface area (Å²) in [7, 11) is 1.66. The zero-order valence-electron chi connectivity index (χ0n) is 12.2. The molecule has 0 saturated carbocycles. The van der Waals surface area contributed by atoms with Crippen LogP contribution in [0.25, 0.3) is 0 Å². The number of nitrogens with one attached hydrogen (secondary N) is 1. The molecule has 0 atom stereocenters. The molecule has 0 heterocycles. The Balaban J connectivity index is 2.86. The van der Waals surface area contributed by atoms with Gasteiger partial charge < -0.3 is 10.1 Å². The van der Waals surface area contributed by atoms with Gasteiger partial charge in [0.2, 0.25) is 5.91 Å². The van der Waals surface area contributed by atoms with Crippen LogP contribution >= 0.6 is 0 Å². The Hall–Kier alpha value is -1.51. The summed E-state index contributed by atoms with van der Waals surface area (Å²) in [6, 6.07) is 3.88. The highest BCUT2D eigenvalue weighted by Gasteiger charge is 2.15. The van der Waals surface area contributed by atoms with E-state index in [1.807, 2.05) is 46.8 Å². The molecule has 0 aliphatic carbocycles. The quantitative estimate of drug-likeness (QED) is 0.894. The van der Waals surface area contributed by atoms with Crippen molar-refractivity contribution in [3.63, 3.8) is 0 Å². The van der Waals surface area contributed by atoms with Crippen LogP contribution in [0.1, 0.15) is 37.5 Å². The molecule has 18 heavy (non-hydrogen) atoms. The molecule has 1 rings (SSSR count). The standard InChI is InChI=1S/C15H23NO2/c1-10-11(2)13(18-6)8-7-12(10)9-14(17)16-15(3,4)5/h7-8H,9H2,1-6H3,(H,16,17). The van der Waals surface area contributed by atoms with Gasteiger partial charge in [0.05, 0.1) is 13.5 Å². The van der Waals surface area contributed by atoms with Crippen molar-refractivity contribution in [2.24, 2.45) is 0 Å². The molecule has 3 nitrogen and oxygen atoms in total. The Labute approximate surface area is 110 Å². The summed E-state index contributed by atoms with van der Waals surface area (Å²) in [5.74, 6) is 0.919. The van der Waals surface area contributed by atoms with Gasteiger partial charge in [0, 0.05) is 5.54 Å². The minimum absolute atomic E-state index is 0.0511. The molecule has 1 amide bonds. The second-order valence-electron chi connectivity index (χ2n) is 5.65. The van der Waals surface area contributed by atoms with Crippen LogP contribution in [0.2, 0.25) is 0 Å². The van der Waals surface area contributed by atoms with Gasteiger partial charge in [-0.15, -0.1) is 0 Å². The largest absolute Gasteiger partial charge is 0.496 e. The SMILES string of the molecule is COc1ccc(CC(=O)NC(C)(C)C)c(C)c1C. The number of benzene rings is 1. The first-order valence-corrected chi connectivity index (χ1v) is 6.18. The van der Waals surface area contributed by atoms with E-state index >= 15 is 0 Å². The van der Waals surface area contributed by atoms with Crippen molar-refractivity contribution in [2.45, 2.75) is 46.6 Å². The molecule has 0 unspecified atom stereocenters. The first-order chi connectivity index (χ1) is 8.24. The number of methoxy groups -OCH3 is 1. The number of hydrogen-bond acceptors (Lipinski definition) is 2. The Bertz CT molecular complexity index is 445. The lowest BCUT2D eigenvalue weighted by Crippen LogP contribution is -2.41. The highest BCUT2D eigenvalue weighted by atomic mass is 16.5. The van der Waals surface area contributed by atoms with Gasteiger partial charge in [0.25, 0.3) is 0 Å². The molecule has 1 aromatic rings. The minimum Gasteiger partial charge on any atom is -0.496 e. The zero-order valence-corrected chi connectivity index (χ0v) is 12.2. The van der Waals surface area contributed by atoms with Crippen molar-refractivity contribution in [2.75, 3.05) is 7.11 Å². The van der Waals surface area contributed by atoms with Gasteiger partial charge in [0.1, 0.15) is 5.75 Å². The van der Waals surface area contributed by atoms with Crippen LogP contribution in [0.3, 0.4) is 0 Å². The van der Waals surface area contributed by atoms with E-state index in [9.17, 15) is 4.79 Å². The van der Waals surface area contributed by atoms with E-state index in [2.05, 4.69) is 5.32 Å². The van der Waals surface area contributed by atoms with Crippen molar-refractivity contribution in [1.82, 2.24) is 5.32 Å². The Morgan fingerprint density at radius 3 is 2.33 bits per heavy atom. The van der Waals surface area contributed by atoms with Gasteiger partial charge in [0.15, 0.2) is 0 Å². The summed E-state index contributed by atoms with van der Waals surface area (Å²) >= 11 is 0. The van der Waals surface area contributed by atoms with Gasteiger partial charge in [-0.3, -0.25) is 4.79 Å². The van der Waals surface area contributed by atoms with E-state index in [0.29, 0.717) is 6.42 Å². The molecule has 1 N–H and O–H groups in total. The number of ether oxygens (including phenoxy) is 1. The zero-order chi connectivity index (χ0) is 13.9. The van der Waals surface area contributed by atoms with Crippen LogP contribution in [-0.4, -0.2) is 18.6 Å². The molecule has 0 saturated heterocycles. The summed E-state index contributed by atoms with van der Waals surface area (Å²) in [6.07, 6.45) is 0.411. The third kappa shape index (κ3) is 3.76. The van der Waals surface area contributed by atoms with Crippen LogP contribution in [0.15, 0.2) is 12.1 Å². The number of carbonyl (C=O) groups excluding carboxylic acids is 1. The van der Waals surface area contributed by atoms with Crippen LogP contribution in [-0.2, 0) is 11.2 Å². The van der Waals surface area contributed by atoms with E-state index in [1.54, 1.807) is 7.11 Å². The first kappa shape index (κ1) is 14.6. The van der Waals surface area contributed by atoms with Crippen molar-refractivity contribution >= 4 is 5.91 Å². The topological polar surface area (TPSA) is 38.3 Å². The summed E-state index contributed by atoms with van der Waals surface area (Å²) in [6.45, 7) is 9.99. The molecule has 0 aliphatic rings. The maximum Gasteiger partial charge on any atom is 0.224 e. The predicted octanol–water partition coefficient (Wildman–Crippen LogP) is 2.77. The average molecular weight is 249 g/mol. The fourth-order valence-electron chi connectivity index (χ4n) is 1.90. The van der Waals surface area contributed by atoms with Gasteiger partial charge in [-0.2, -0.15) is 0 Å². The Morgan fingerprint density at radius 1 is 1.22 bits per heavy atom. The van der Waals surface area contributed by atoms with Crippen molar-refractivity contribution in [3.05, 3.63) is 28.8 Å². The van der Waals surface area contributed by atoms with E-state index in [4.69, 9.17) is 4.74 Å². The smallest absolute Gasteiger partial charge is 0.224 e. The van der Waals surface area contributed by atoms with E-state index in [0.717, 1.165) is 22.4 Å². The van der Waals surface area contributed by atoms with Gasteiger partial charge in [-0.25, -0.2) is 0 Å². The maximum atomic E-state index is 11.9. The molecule has 0 fully saturated rings. The van der Waals surface area contributed by atoms with Crippen LogP contribution in [0.4, 0.5) is 0 Å². The fourth-order valence-corrected chi connectivity index (χ4v) is 1.90. The molecule has 0 aliphatic heterocycles. The monoisotopic (exact) mass is 249 g/mol. The Kier molecular flexibility index (Phi) is 4.38. The summed E-state index contributed by atoms with van der Waals surface area (Å²) in [4.78, 5) is 11.9. The van der Waals surface area contributed by atoms with Crippen molar-refractivity contribution < 1.29 is 9.53 Å². The van der Waals surface area contributed by atoms with Gasteiger partial charge in [-0.05, 0) is 57.4 Å². The summed E-state index contributed by atoms with van der Waals surface area (Å²) in [5, 5.41) is 2.97. The molecule has 3 heteroatoms. The predicted molar refractivity (Wildman–Crippen MR) is 74.1 cm³/mol. The second-order valence-corrected chi connectivity index (χ2v) is 5.65. The molecule has 1 aromatic carbocycles. The number of hydrogen-bond donors (Lipinski definition) is 1. The van der Waals surface area contributed by atoms with Crippen molar-refractivity contribution in [1.29, 1.82) is 0 Å². The third-order valence-electron chi connectivity index (χ3n) is 2.94. The van der Waals surface area contributed by atoms with E-state index in [1.165, 1.54) is 0 Å². The molecule has 0 radical (unpaired) electrons. The lowest BCUT2D eigenvalue weighted by atomic mass is 9.99. The molecular weight excluding hydrogens is 226 g/mol. The molecular formula is C15H23NO2. The highest BCUT2D eigenvalue weighted by molar-refractivity contribution is 5.79. The van der Waals surface area contributed by atoms with Gasteiger partial charge >= 0.3 is 0 Å². The molecule has 0 bridgehead atoms. The minimum atomic E-state index is -0.188. The van der Waals surface area contributed by atoms with Crippen LogP contribution < -0.4 is 10.1 Å². The molecule has 0 aromatic heterocycles. The first-order valence-electron chi connectivity index (χ1n) is 6.18. The summed E-state index contributed by atoms with van der Waals surface area (Å²) < 4.78 is 5.27. The molecule has 100 valence electrons. The fraction of sp³-hybridized carbons (Fsp3) is 0.533. The second kappa shape index (κ2) is 5.42. The summed E-state index contributed by atoms with van der Waals surface area (Å²) in [5.41, 5.74) is 3.08.